The summed E-state index contributed by atoms with van der Waals surface area (Å²) in [5.74, 6) is 0.332. The number of para-hydroxylation sites is 1. The standard InChI is InChI=1S/C14H22O3Si/c1-5-18(6-2,7-3)17-13-11-9-8-10-12(13)14(15)16-4/h8-11H,5-7H2,1-4H3. The zero-order valence-electron chi connectivity index (χ0n) is 11.7. The summed E-state index contributed by atoms with van der Waals surface area (Å²) in [6.45, 7) is 6.50. The van der Waals surface area contributed by atoms with Crippen LogP contribution in [0, 0.1) is 0 Å². The van der Waals surface area contributed by atoms with E-state index in [9.17, 15) is 4.79 Å². The van der Waals surface area contributed by atoms with Gasteiger partial charge in [-0.1, -0.05) is 32.9 Å². The van der Waals surface area contributed by atoms with Crippen LogP contribution in [0.4, 0.5) is 0 Å². The number of benzene rings is 1. The molecule has 18 heavy (non-hydrogen) atoms. The normalized spacial score (nSPS) is 11.1. The Morgan fingerprint density at radius 1 is 1.11 bits per heavy atom. The molecule has 0 bridgehead atoms. The zero-order valence-corrected chi connectivity index (χ0v) is 12.7. The van der Waals surface area contributed by atoms with E-state index in [1.54, 1.807) is 6.07 Å². The second-order valence-electron chi connectivity index (χ2n) is 4.33. The fraction of sp³-hybridized carbons (Fsp3) is 0.500. The van der Waals surface area contributed by atoms with E-state index >= 15 is 0 Å². The van der Waals surface area contributed by atoms with Crippen LogP contribution in [0.3, 0.4) is 0 Å². The SMILES string of the molecule is CC[Si](CC)(CC)Oc1ccccc1C(=O)OC. The molecule has 100 valence electrons. The molecule has 0 atom stereocenters. The van der Waals surface area contributed by atoms with Crippen LogP contribution in [0.2, 0.25) is 18.1 Å². The van der Waals surface area contributed by atoms with Gasteiger partial charge in [0, 0.05) is 0 Å². The quantitative estimate of drug-likeness (QED) is 0.579. The van der Waals surface area contributed by atoms with Crippen LogP contribution in [0.1, 0.15) is 31.1 Å². The molecular formula is C14H22O3Si. The fourth-order valence-electron chi connectivity index (χ4n) is 2.03. The molecule has 0 N–H and O–H groups in total. The second kappa shape index (κ2) is 6.59. The Morgan fingerprint density at radius 3 is 2.17 bits per heavy atom. The molecule has 4 heteroatoms. The minimum atomic E-state index is -1.76. The maximum absolute atomic E-state index is 11.7. The van der Waals surface area contributed by atoms with Crippen LogP contribution < -0.4 is 4.43 Å². The average molecular weight is 266 g/mol. The van der Waals surface area contributed by atoms with E-state index in [1.807, 2.05) is 18.2 Å². The van der Waals surface area contributed by atoms with E-state index in [1.165, 1.54) is 7.11 Å². The van der Waals surface area contributed by atoms with Gasteiger partial charge in [-0.25, -0.2) is 4.79 Å². The molecule has 0 fully saturated rings. The van der Waals surface area contributed by atoms with Crippen molar-refractivity contribution in [3.8, 4) is 5.75 Å². The van der Waals surface area contributed by atoms with Gasteiger partial charge in [0.1, 0.15) is 11.3 Å². The maximum Gasteiger partial charge on any atom is 0.341 e. The number of rotatable bonds is 6. The van der Waals surface area contributed by atoms with Gasteiger partial charge in [-0.2, -0.15) is 0 Å². The molecule has 1 aromatic rings. The molecule has 0 saturated heterocycles. The molecule has 0 aliphatic heterocycles. The van der Waals surface area contributed by atoms with E-state index in [0.29, 0.717) is 11.3 Å². The topological polar surface area (TPSA) is 35.5 Å². The van der Waals surface area contributed by atoms with E-state index in [2.05, 4.69) is 20.8 Å². The Morgan fingerprint density at radius 2 is 1.67 bits per heavy atom. The lowest BCUT2D eigenvalue weighted by molar-refractivity contribution is 0.0598. The van der Waals surface area contributed by atoms with Gasteiger partial charge in [0.15, 0.2) is 0 Å². The number of ether oxygens (including phenoxy) is 1. The van der Waals surface area contributed by atoms with Gasteiger partial charge in [0.05, 0.1) is 7.11 Å². The largest absolute Gasteiger partial charge is 0.543 e. The highest BCUT2D eigenvalue weighted by molar-refractivity contribution is 6.74. The van der Waals surface area contributed by atoms with E-state index in [4.69, 9.17) is 9.16 Å². The van der Waals surface area contributed by atoms with E-state index < -0.39 is 8.32 Å². The van der Waals surface area contributed by atoms with Gasteiger partial charge in [-0.15, -0.1) is 0 Å². The minimum Gasteiger partial charge on any atom is -0.543 e. The molecule has 0 aliphatic carbocycles. The van der Waals surface area contributed by atoms with Gasteiger partial charge < -0.3 is 9.16 Å². The third-order valence-corrected chi connectivity index (χ3v) is 8.07. The van der Waals surface area contributed by atoms with Crippen LogP contribution in [0.5, 0.6) is 5.75 Å². The Hall–Kier alpha value is -1.29. The predicted octanol–water partition coefficient (Wildman–Crippen LogP) is 3.86. The van der Waals surface area contributed by atoms with Crippen molar-refractivity contribution < 1.29 is 14.0 Å². The van der Waals surface area contributed by atoms with Crippen LogP contribution in [-0.4, -0.2) is 21.4 Å². The molecule has 0 heterocycles. The number of methoxy groups -OCH3 is 1. The molecule has 0 unspecified atom stereocenters. The molecule has 0 aromatic heterocycles. The second-order valence-corrected chi connectivity index (χ2v) is 9.02. The van der Waals surface area contributed by atoms with Crippen molar-refractivity contribution in [1.29, 1.82) is 0 Å². The van der Waals surface area contributed by atoms with E-state index in [0.717, 1.165) is 18.1 Å². The third-order valence-electron chi connectivity index (χ3n) is 3.55. The lowest BCUT2D eigenvalue weighted by atomic mass is 10.2. The highest BCUT2D eigenvalue weighted by Gasteiger charge is 2.32. The van der Waals surface area contributed by atoms with Gasteiger partial charge in [-0.3, -0.25) is 0 Å². The summed E-state index contributed by atoms with van der Waals surface area (Å²) in [6.07, 6.45) is 0. The molecule has 0 saturated carbocycles. The first-order valence-corrected chi connectivity index (χ1v) is 9.01. The zero-order chi connectivity index (χ0) is 13.6. The maximum atomic E-state index is 11.7. The first-order valence-electron chi connectivity index (χ1n) is 6.48. The first kappa shape index (κ1) is 14.8. The highest BCUT2D eigenvalue weighted by Crippen LogP contribution is 2.28. The van der Waals surface area contributed by atoms with Gasteiger partial charge in [-0.05, 0) is 30.3 Å². The van der Waals surface area contributed by atoms with Crippen molar-refractivity contribution in [2.75, 3.05) is 7.11 Å². The molecule has 0 aliphatic rings. The summed E-state index contributed by atoms with van der Waals surface area (Å²) in [5.41, 5.74) is 0.521. The Bertz CT molecular complexity index is 392. The number of hydrogen-bond donors (Lipinski definition) is 0. The predicted molar refractivity (Wildman–Crippen MR) is 75.6 cm³/mol. The minimum absolute atomic E-state index is 0.336. The average Bonchev–Trinajstić information content (AvgIpc) is 2.44. The molecule has 1 aromatic carbocycles. The first-order chi connectivity index (χ1) is 8.62. The molecule has 0 amide bonds. The third kappa shape index (κ3) is 3.13. The summed E-state index contributed by atoms with van der Waals surface area (Å²) >= 11 is 0. The van der Waals surface area contributed by atoms with Crippen molar-refractivity contribution in [1.82, 2.24) is 0 Å². The molecule has 3 nitrogen and oxygen atoms in total. The molecule has 1 rings (SSSR count). The highest BCUT2D eigenvalue weighted by atomic mass is 28.4. The number of carbonyl (C=O) groups excluding carboxylic acids is 1. The Kier molecular flexibility index (Phi) is 5.41. The summed E-state index contributed by atoms with van der Waals surface area (Å²) in [5, 5.41) is 0. The van der Waals surface area contributed by atoms with Crippen LogP contribution in [0.25, 0.3) is 0 Å². The summed E-state index contributed by atoms with van der Waals surface area (Å²) in [7, 11) is -0.364. The lowest BCUT2D eigenvalue weighted by Gasteiger charge is -2.29. The molecular weight excluding hydrogens is 244 g/mol. The van der Waals surface area contributed by atoms with Crippen molar-refractivity contribution in [3.05, 3.63) is 29.8 Å². The fourth-order valence-corrected chi connectivity index (χ4v) is 4.61. The van der Waals surface area contributed by atoms with Crippen LogP contribution in [0.15, 0.2) is 24.3 Å². The van der Waals surface area contributed by atoms with Crippen LogP contribution >= 0.6 is 0 Å². The monoisotopic (exact) mass is 266 g/mol. The van der Waals surface area contributed by atoms with Crippen molar-refractivity contribution >= 4 is 14.3 Å². The molecule has 0 spiro atoms. The van der Waals surface area contributed by atoms with Crippen molar-refractivity contribution in [3.63, 3.8) is 0 Å². The van der Waals surface area contributed by atoms with Gasteiger partial charge in [0.25, 0.3) is 8.32 Å². The Labute approximate surface area is 110 Å². The Balaban J connectivity index is 3.06. The molecule has 0 radical (unpaired) electrons. The number of esters is 1. The van der Waals surface area contributed by atoms with Crippen molar-refractivity contribution in [2.45, 2.75) is 38.9 Å². The van der Waals surface area contributed by atoms with Gasteiger partial charge >= 0.3 is 5.97 Å². The summed E-state index contributed by atoms with van der Waals surface area (Å²) in [4.78, 5) is 11.7. The van der Waals surface area contributed by atoms with Crippen LogP contribution in [-0.2, 0) is 4.74 Å². The van der Waals surface area contributed by atoms with Gasteiger partial charge in [0.2, 0.25) is 0 Å². The summed E-state index contributed by atoms with van der Waals surface area (Å²) in [6, 6.07) is 10.5. The smallest absolute Gasteiger partial charge is 0.341 e. The number of hydrogen-bond acceptors (Lipinski definition) is 3. The lowest BCUT2D eigenvalue weighted by Crippen LogP contribution is -2.39. The van der Waals surface area contributed by atoms with Crippen molar-refractivity contribution in [2.24, 2.45) is 0 Å². The van der Waals surface area contributed by atoms with E-state index in [-0.39, 0.29) is 5.97 Å². The number of carbonyl (C=O) groups is 1. The summed E-state index contributed by atoms with van der Waals surface area (Å²) < 4.78 is 11.0.